The van der Waals surface area contributed by atoms with Gasteiger partial charge in [0.05, 0.1) is 5.60 Å². The van der Waals surface area contributed by atoms with Crippen molar-refractivity contribution >= 4 is 5.91 Å². The highest BCUT2D eigenvalue weighted by Crippen LogP contribution is 2.23. The van der Waals surface area contributed by atoms with Gasteiger partial charge in [-0.3, -0.25) is 9.69 Å². The largest absolute Gasteiger partial charge is 0.388 e. The molecule has 0 bridgehead atoms. The Kier molecular flexibility index (Phi) is 6.57. The first kappa shape index (κ1) is 17.9. The zero-order valence-electron chi connectivity index (χ0n) is 14.1. The minimum atomic E-state index is -0.849. The minimum Gasteiger partial charge on any atom is -0.388 e. The van der Waals surface area contributed by atoms with E-state index in [0.717, 1.165) is 18.7 Å². The third kappa shape index (κ3) is 4.77. The molecular formula is C18H28N2O3. The second-order valence-electron chi connectivity index (χ2n) is 6.09. The molecule has 0 radical (unpaired) electrons. The maximum atomic E-state index is 12.8. The first-order valence-electron chi connectivity index (χ1n) is 8.46. The van der Waals surface area contributed by atoms with Crippen molar-refractivity contribution in [3.8, 4) is 0 Å². The van der Waals surface area contributed by atoms with Crippen molar-refractivity contribution in [1.29, 1.82) is 0 Å². The topological polar surface area (TPSA) is 61.8 Å². The monoisotopic (exact) mass is 320 g/mol. The molecule has 5 nitrogen and oxygen atoms in total. The Hall–Kier alpha value is -1.43. The number of hydrogen-bond donors (Lipinski definition) is 2. The van der Waals surface area contributed by atoms with E-state index in [9.17, 15) is 9.90 Å². The van der Waals surface area contributed by atoms with Gasteiger partial charge in [0.2, 0.25) is 5.91 Å². The van der Waals surface area contributed by atoms with E-state index in [1.165, 1.54) is 0 Å². The van der Waals surface area contributed by atoms with E-state index in [2.05, 4.69) is 24.1 Å². The van der Waals surface area contributed by atoms with Gasteiger partial charge in [0.1, 0.15) is 6.04 Å². The summed E-state index contributed by atoms with van der Waals surface area (Å²) in [5.41, 5.74) is 0.131. The molecular weight excluding hydrogens is 292 g/mol. The molecule has 1 aliphatic rings. The lowest BCUT2D eigenvalue weighted by molar-refractivity contribution is -0.129. The van der Waals surface area contributed by atoms with Crippen LogP contribution in [-0.4, -0.2) is 54.4 Å². The SMILES string of the molecule is CCN(CC)C(C(=O)NCC1(O)CCOCC1)c1ccccc1. The van der Waals surface area contributed by atoms with Gasteiger partial charge in [0, 0.05) is 32.6 Å². The van der Waals surface area contributed by atoms with Crippen LogP contribution in [0.3, 0.4) is 0 Å². The number of carbonyl (C=O) groups excluding carboxylic acids is 1. The van der Waals surface area contributed by atoms with Crippen molar-refractivity contribution in [3.05, 3.63) is 35.9 Å². The van der Waals surface area contributed by atoms with E-state index in [4.69, 9.17) is 4.74 Å². The average molecular weight is 320 g/mol. The van der Waals surface area contributed by atoms with Gasteiger partial charge in [0.15, 0.2) is 0 Å². The highest BCUT2D eigenvalue weighted by atomic mass is 16.5. The number of likely N-dealkylation sites (N-methyl/N-ethyl adjacent to an activating group) is 1. The van der Waals surface area contributed by atoms with Crippen LogP contribution in [0.25, 0.3) is 0 Å². The van der Waals surface area contributed by atoms with Crippen LogP contribution >= 0.6 is 0 Å². The summed E-state index contributed by atoms with van der Waals surface area (Å²) in [5, 5.41) is 13.5. The normalized spacial score (nSPS) is 18.6. The fourth-order valence-electron chi connectivity index (χ4n) is 3.03. The summed E-state index contributed by atoms with van der Waals surface area (Å²) >= 11 is 0. The van der Waals surface area contributed by atoms with Crippen molar-refractivity contribution in [3.63, 3.8) is 0 Å². The summed E-state index contributed by atoms with van der Waals surface area (Å²) in [5.74, 6) is -0.0557. The van der Waals surface area contributed by atoms with E-state index >= 15 is 0 Å². The summed E-state index contributed by atoms with van der Waals surface area (Å²) in [4.78, 5) is 14.9. The van der Waals surface area contributed by atoms with Crippen LogP contribution in [0.1, 0.15) is 38.3 Å². The Morgan fingerprint density at radius 3 is 2.43 bits per heavy atom. The minimum absolute atomic E-state index is 0.0557. The fourth-order valence-corrected chi connectivity index (χ4v) is 3.03. The predicted molar refractivity (Wildman–Crippen MR) is 90.1 cm³/mol. The molecule has 0 aliphatic carbocycles. The van der Waals surface area contributed by atoms with Gasteiger partial charge in [0.25, 0.3) is 0 Å². The molecule has 128 valence electrons. The summed E-state index contributed by atoms with van der Waals surface area (Å²) in [6.07, 6.45) is 1.13. The summed E-state index contributed by atoms with van der Waals surface area (Å²) in [6, 6.07) is 9.48. The van der Waals surface area contributed by atoms with Crippen LogP contribution in [0.2, 0.25) is 0 Å². The zero-order valence-corrected chi connectivity index (χ0v) is 14.1. The van der Waals surface area contributed by atoms with Gasteiger partial charge in [-0.15, -0.1) is 0 Å². The van der Waals surface area contributed by atoms with Gasteiger partial charge < -0.3 is 15.2 Å². The lowest BCUT2D eigenvalue weighted by Gasteiger charge is -2.34. The van der Waals surface area contributed by atoms with Gasteiger partial charge in [-0.1, -0.05) is 44.2 Å². The number of rotatable bonds is 7. The Bertz CT molecular complexity index is 482. The van der Waals surface area contributed by atoms with Gasteiger partial charge in [-0.05, 0) is 18.7 Å². The Labute approximate surface area is 138 Å². The fraction of sp³-hybridized carbons (Fsp3) is 0.611. The van der Waals surface area contributed by atoms with Crippen LogP contribution < -0.4 is 5.32 Å². The summed E-state index contributed by atoms with van der Waals surface area (Å²) in [7, 11) is 0. The van der Waals surface area contributed by atoms with Crippen LogP contribution in [0.5, 0.6) is 0 Å². The van der Waals surface area contributed by atoms with E-state index in [1.54, 1.807) is 0 Å². The molecule has 1 heterocycles. The highest BCUT2D eigenvalue weighted by molar-refractivity contribution is 5.83. The smallest absolute Gasteiger partial charge is 0.242 e. The summed E-state index contributed by atoms with van der Waals surface area (Å²) in [6.45, 7) is 7.06. The molecule has 5 heteroatoms. The number of amides is 1. The van der Waals surface area contributed by atoms with Crippen LogP contribution in [-0.2, 0) is 9.53 Å². The quantitative estimate of drug-likeness (QED) is 0.803. The van der Waals surface area contributed by atoms with Crippen molar-refractivity contribution in [2.24, 2.45) is 0 Å². The Morgan fingerprint density at radius 1 is 1.26 bits per heavy atom. The zero-order chi connectivity index (χ0) is 16.7. The highest BCUT2D eigenvalue weighted by Gasteiger charge is 2.32. The number of nitrogens with zero attached hydrogens (tertiary/aromatic N) is 1. The Morgan fingerprint density at radius 2 is 1.87 bits per heavy atom. The Balaban J connectivity index is 2.07. The van der Waals surface area contributed by atoms with Crippen LogP contribution in [0.15, 0.2) is 30.3 Å². The van der Waals surface area contributed by atoms with Gasteiger partial charge >= 0.3 is 0 Å². The van der Waals surface area contributed by atoms with E-state index < -0.39 is 5.60 Å². The summed E-state index contributed by atoms with van der Waals surface area (Å²) < 4.78 is 5.28. The van der Waals surface area contributed by atoms with E-state index in [1.807, 2.05) is 30.3 Å². The number of benzene rings is 1. The molecule has 1 atom stereocenters. The molecule has 1 amide bonds. The molecule has 23 heavy (non-hydrogen) atoms. The number of hydrogen-bond acceptors (Lipinski definition) is 4. The number of aliphatic hydroxyl groups is 1. The second-order valence-corrected chi connectivity index (χ2v) is 6.09. The molecule has 0 spiro atoms. The number of ether oxygens (including phenoxy) is 1. The first-order chi connectivity index (χ1) is 11.1. The average Bonchev–Trinajstić information content (AvgIpc) is 2.59. The van der Waals surface area contributed by atoms with Crippen molar-refractivity contribution in [2.75, 3.05) is 32.8 Å². The molecule has 1 saturated heterocycles. The predicted octanol–water partition coefficient (Wildman–Crippen LogP) is 1.73. The molecule has 2 N–H and O–H groups in total. The van der Waals surface area contributed by atoms with Crippen molar-refractivity contribution < 1.29 is 14.6 Å². The van der Waals surface area contributed by atoms with Crippen LogP contribution in [0, 0.1) is 0 Å². The lowest BCUT2D eigenvalue weighted by atomic mass is 9.94. The molecule has 0 saturated carbocycles. The lowest BCUT2D eigenvalue weighted by Crippen LogP contribution is -2.49. The number of nitrogens with one attached hydrogen (secondary N) is 1. The van der Waals surface area contributed by atoms with Gasteiger partial charge in [-0.25, -0.2) is 0 Å². The molecule has 1 unspecified atom stereocenters. The van der Waals surface area contributed by atoms with E-state index in [0.29, 0.717) is 26.1 Å². The second kappa shape index (κ2) is 8.43. The third-order valence-electron chi connectivity index (χ3n) is 4.56. The third-order valence-corrected chi connectivity index (χ3v) is 4.56. The van der Waals surface area contributed by atoms with Crippen molar-refractivity contribution in [1.82, 2.24) is 10.2 Å². The molecule has 1 aromatic carbocycles. The molecule has 2 rings (SSSR count). The molecule has 1 aromatic rings. The van der Waals surface area contributed by atoms with Gasteiger partial charge in [-0.2, -0.15) is 0 Å². The maximum Gasteiger partial charge on any atom is 0.242 e. The number of carbonyl (C=O) groups is 1. The standard InChI is InChI=1S/C18H28N2O3/c1-3-20(4-2)16(15-8-6-5-7-9-15)17(21)19-14-18(22)10-12-23-13-11-18/h5-9,16,22H,3-4,10-14H2,1-2H3,(H,19,21). The molecule has 0 aromatic heterocycles. The van der Waals surface area contributed by atoms with Crippen molar-refractivity contribution in [2.45, 2.75) is 38.3 Å². The molecule has 1 fully saturated rings. The first-order valence-corrected chi connectivity index (χ1v) is 8.46. The maximum absolute atomic E-state index is 12.8. The van der Waals surface area contributed by atoms with E-state index in [-0.39, 0.29) is 18.5 Å². The molecule has 1 aliphatic heterocycles. The van der Waals surface area contributed by atoms with Crippen LogP contribution in [0.4, 0.5) is 0 Å².